The molecule has 92 valence electrons. The summed E-state index contributed by atoms with van der Waals surface area (Å²) in [5.41, 5.74) is 5.14. The third-order valence-corrected chi connectivity index (χ3v) is 1.97. The molecule has 16 heavy (non-hydrogen) atoms. The zero-order chi connectivity index (χ0) is 12.9. The predicted octanol–water partition coefficient (Wildman–Crippen LogP) is -0.986. The van der Waals surface area contributed by atoms with E-state index < -0.39 is 36.4 Å². The van der Waals surface area contributed by atoms with Crippen molar-refractivity contribution in [2.75, 3.05) is 0 Å². The van der Waals surface area contributed by atoms with Gasteiger partial charge in [-0.25, -0.2) is 4.79 Å². The van der Waals surface area contributed by atoms with Crippen molar-refractivity contribution < 1.29 is 24.6 Å². The quantitative estimate of drug-likeness (QED) is 0.465. The van der Waals surface area contributed by atoms with Crippen molar-refractivity contribution in [3.8, 4) is 0 Å². The van der Waals surface area contributed by atoms with Crippen LogP contribution in [0.4, 0.5) is 0 Å². The topological polar surface area (TPSA) is 130 Å². The SMILES string of the molecule is CC(C)[C@H](NC(=O)C[C@H](N)C(=O)O)C(=O)O. The van der Waals surface area contributed by atoms with Gasteiger partial charge in [0, 0.05) is 0 Å². The summed E-state index contributed by atoms with van der Waals surface area (Å²) in [6, 6.07) is -2.35. The Morgan fingerprint density at radius 2 is 1.69 bits per heavy atom. The number of nitrogens with two attached hydrogens (primary N) is 1. The van der Waals surface area contributed by atoms with Gasteiger partial charge in [0.2, 0.25) is 5.91 Å². The van der Waals surface area contributed by atoms with Crippen molar-refractivity contribution in [3.05, 3.63) is 0 Å². The highest BCUT2D eigenvalue weighted by Crippen LogP contribution is 2.02. The van der Waals surface area contributed by atoms with Crippen LogP contribution in [0, 0.1) is 5.92 Å². The minimum atomic E-state index is -1.32. The average Bonchev–Trinajstić information content (AvgIpc) is 2.12. The molecule has 0 aromatic rings. The number of aliphatic carboxylic acids is 2. The Hall–Kier alpha value is -1.63. The van der Waals surface area contributed by atoms with E-state index in [1.807, 2.05) is 0 Å². The molecule has 0 aromatic carbocycles. The standard InChI is InChI=1S/C9H16N2O5/c1-4(2)7(9(15)16)11-6(12)3-5(10)8(13)14/h4-5,7H,3,10H2,1-2H3,(H,11,12)(H,13,14)(H,15,16)/t5-,7-/m0/s1. The number of amides is 1. The van der Waals surface area contributed by atoms with Gasteiger partial charge in [-0.2, -0.15) is 0 Å². The number of rotatable bonds is 6. The molecule has 1 amide bonds. The Balaban J connectivity index is 4.31. The molecule has 0 spiro atoms. The van der Waals surface area contributed by atoms with E-state index in [9.17, 15) is 14.4 Å². The largest absolute Gasteiger partial charge is 0.480 e. The molecule has 0 unspecified atom stereocenters. The minimum absolute atomic E-state index is 0.289. The predicted molar refractivity (Wildman–Crippen MR) is 54.6 cm³/mol. The molecule has 0 saturated heterocycles. The van der Waals surface area contributed by atoms with E-state index in [1.165, 1.54) is 0 Å². The van der Waals surface area contributed by atoms with Gasteiger partial charge in [-0.15, -0.1) is 0 Å². The summed E-state index contributed by atoms with van der Waals surface area (Å²) < 4.78 is 0. The molecular weight excluding hydrogens is 216 g/mol. The Morgan fingerprint density at radius 1 is 1.19 bits per heavy atom. The Morgan fingerprint density at radius 3 is 2.00 bits per heavy atom. The van der Waals surface area contributed by atoms with Gasteiger partial charge < -0.3 is 21.3 Å². The lowest BCUT2D eigenvalue weighted by atomic mass is 10.0. The van der Waals surface area contributed by atoms with Crippen LogP contribution in [0.25, 0.3) is 0 Å². The fourth-order valence-corrected chi connectivity index (χ4v) is 1.03. The molecule has 0 bridgehead atoms. The first-order valence-electron chi connectivity index (χ1n) is 4.76. The van der Waals surface area contributed by atoms with Crippen LogP contribution < -0.4 is 11.1 Å². The normalized spacial score (nSPS) is 14.2. The van der Waals surface area contributed by atoms with Crippen LogP contribution in [-0.4, -0.2) is 40.1 Å². The van der Waals surface area contributed by atoms with E-state index >= 15 is 0 Å². The van der Waals surface area contributed by atoms with Crippen LogP contribution in [-0.2, 0) is 14.4 Å². The van der Waals surface area contributed by atoms with Crippen molar-refractivity contribution in [2.45, 2.75) is 32.4 Å². The minimum Gasteiger partial charge on any atom is -0.480 e. The third-order valence-electron chi connectivity index (χ3n) is 1.97. The Bertz CT molecular complexity index is 290. The van der Waals surface area contributed by atoms with E-state index in [1.54, 1.807) is 13.8 Å². The molecule has 2 atom stereocenters. The van der Waals surface area contributed by atoms with Crippen LogP contribution in [0.15, 0.2) is 0 Å². The second-order valence-electron chi connectivity index (χ2n) is 3.78. The lowest BCUT2D eigenvalue weighted by Crippen LogP contribution is -2.46. The first-order chi connectivity index (χ1) is 7.25. The number of hydrogen-bond acceptors (Lipinski definition) is 4. The van der Waals surface area contributed by atoms with Crippen LogP contribution in [0.2, 0.25) is 0 Å². The first kappa shape index (κ1) is 14.4. The van der Waals surface area contributed by atoms with E-state index in [0.29, 0.717) is 0 Å². The molecule has 0 saturated carbocycles. The zero-order valence-corrected chi connectivity index (χ0v) is 9.14. The van der Waals surface area contributed by atoms with Gasteiger partial charge in [-0.1, -0.05) is 13.8 Å². The van der Waals surface area contributed by atoms with Crippen LogP contribution in [0.3, 0.4) is 0 Å². The number of carbonyl (C=O) groups is 3. The highest BCUT2D eigenvalue weighted by molar-refractivity contribution is 5.87. The molecule has 0 aliphatic rings. The number of nitrogens with one attached hydrogen (secondary N) is 1. The van der Waals surface area contributed by atoms with Gasteiger partial charge >= 0.3 is 11.9 Å². The maximum absolute atomic E-state index is 11.3. The van der Waals surface area contributed by atoms with E-state index in [4.69, 9.17) is 15.9 Å². The van der Waals surface area contributed by atoms with Gasteiger partial charge in [0.1, 0.15) is 12.1 Å². The van der Waals surface area contributed by atoms with Crippen LogP contribution in [0.1, 0.15) is 20.3 Å². The molecule has 0 radical (unpaired) electrons. The molecular formula is C9H16N2O5. The number of hydrogen-bond donors (Lipinski definition) is 4. The molecule has 0 aliphatic carbocycles. The number of carbonyl (C=O) groups excluding carboxylic acids is 1. The first-order valence-corrected chi connectivity index (χ1v) is 4.76. The molecule has 0 aliphatic heterocycles. The van der Waals surface area contributed by atoms with E-state index in [-0.39, 0.29) is 5.92 Å². The van der Waals surface area contributed by atoms with Gasteiger partial charge in [0.25, 0.3) is 0 Å². The maximum Gasteiger partial charge on any atom is 0.326 e. The molecule has 0 rings (SSSR count). The van der Waals surface area contributed by atoms with Crippen molar-refractivity contribution in [3.63, 3.8) is 0 Å². The molecule has 5 N–H and O–H groups in total. The molecule has 0 aromatic heterocycles. The summed E-state index contributed by atoms with van der Waals surface area (Å²) in [5, 5.41) is 19.5. The van der Waals surface area contributed by atoms with Crippen molar-refractivity contribution >= 4 is 17.8 Å². The van der Waals surface area contributed by atoms with E-state index in [2.05, 4.69) is 5.32 Å². The van der Waals surface area contributed by atoms with Gasteiger partial charge in [-0.3, -0.25) is 9.59 Å². The molecule has 7 nitrogen and oxygen atoms in total. The highest BCUT2D eigenvalue weighted by atomic mass is 16.4. The number of carboxylic acid groups (broad SMARTS) is 2. The second kappa shape index (κ2) is 6.06. The van der Waals surface area contributed by atoms with Crippen molar-refractivity contribution in [2.24, 2.45) is 11.7 Å². The highest BCUT2D eigenvalue weighted by Gasteiger charge is 2.25. The summed E-state index contributed by atoms with van der Waals surface area (Å²) >= 11 is 0. The summed E-state index contributed by atoms with van der Waals surface area (Å²) in [4.78, 5) is 32.4. The van der Waals surface area contributed by atoms with Gasteiger partial charge in [-0.05, 0) is 5.92 Å². The Kier molecular flexibility index (Phi) is 5.44. The summed E-state index contributed by atoms with van der Waals surface area (Å²) in [7, 11) is 0. The fraction of sp³-hybridized carbons (Fsp3) is 0.667. The van der Waals surface area contributed by atoms with Crippen molar-refractivity contribution in [1.82, 2.24) is 5.32 Å². The Labute approximate surface area is 92.6 Å². The smallest absolute Gasteiger partial charge is 0.326 e. The second-order valence-corrected chi connectivity index (χ2v) is 3.78. The third kappa shape index (κ3) is 4.74. The van der Waals surface area contributed by atoms with Crippen LogP contribution in [0.5, 0.6) is 0 Å². The summed E-state index contributed by atoms with van der Waals surface area (Å²) in [5.74, 6) is -3.43. The maximum atomic E-state index is 11.3. The lowest BCUT2D eigenvalue weighted by molar-refractivity contribution is -0.143. The molecule has 0 heterocycles. The van der Waals surface area contributed by atoms with Crippen molar-refractivity contribution in [1.29, 1.82) is 0 Å². The monoisotopic (exact) mass is 232 g/mol. The zero-order valence-electron chi connectivity index (χ0n) is 9.14. The molecule has 0 fully saturated rings. The fourth-order valence-electron chi connectivity index (χ4n) is 1.03. The lowest BCUT2D eigenvalue weighted by Gasteiger charge is -2.18. The van der Waals surface area contributed by atoms with Gasteiger partial charge in [0.15, 0.2) is 0 Å². The summed E-state index contributed by atoms with van der Waals surface area (Å²) in [6.45, 7) is 3.27. The summed E-state index contributed by atoms with van der Waals surface area (Å²) in [6.07, 6.45) is -0.439. The van der Waals surface area contributed by atoms with Crippen LogP contribution >= 0.6 is 0 Å². The van der Waals surface area contributed by atoms with Gasteiger partial charge in [0.05, 0.1) is 6.42 Å². The average molecular weight is 232 g/mol. The number of carboxylic acids is 2. The molecule has 7 heteroatoms. The van der Waals surface area contributed by atoms with E-state index in [0.717, 1.165) is 0 Å².